The Kier molecular flexibility index (Phi) is 8.39. The number of fused-ring (bicyclic) bond motifs is 1. The summed E-state index contributed by atoms with van der Waals surface area (Å²) in [6, 6.07) is 0.189. The lowest BCUT2D eigenvalue weighted by molar-refractivity contribution is -0.148. The topological polar surface area (TPSA) is 88.5 Å². The maximum absolute atomic E-state index is 14.3. The van der Waals surface area contributed by atoms with Crippen LogP contribution < -0.4 is 10.6 Å². The lowest BCUT2D eigenvalue weighted by atomic mass is 10.0. The maximum Gasteiger partial charge on any atom is 0.449 e. The molecule has 14 heteroatoms. The average molecular weight is 533 g/mol. The van der Waals surface area contributed by atoms with Crippen LogP contribution in [-0.4, -0.2) is 52.5 Å². The molecule has 0 saturated carbocycles. The molecule has 0 fully saturated rings. The molecule has 202 valence electrons. The normalized spacial score (nSPS) is 14.1. The second-order valence-electron chi connectivity index (χ2n) is 8.24. The molecule has 0 bridgehead atoms. The van der Waals surface area contributed by atoms with Gasteiger partial charge in [-0.2, -0.15) is 13.2 Å². The highest BCUT2D eigenvalue weighted by atomic mass is 19.4. The molecule has 2 N–H and O–H groups in total. The number of amides is 2. The van der Waals surface area contributed by atoms with Gasteiger partial charge in [-0.15, -0.1) is 0 Å². The van der Waals surface area contributed by atoms with E-state index in [4.69, 9.17) is 4.74 Å². The van der Waals surface area contributed by atoms with E-state index in [-0.39, 0.29) is 56.2 Å². The van der Waals surface area contributed by atoms with Crippen LogP contribution >= 0.6 is 0 Å². The number of hydrogen-bond donors (Lipinski definition) is 2. The molecule has 1 aliphatic rings. The molecule has 0 unspecified atom stereocenters. The number of carbonyl (C=O) groups excluding carboxylic acids is 2. The van der Waals surface area contributed by atoms with Crippen molar-refractivity contribution in [1.29, 1.82) is 0 Å². The molecule has 2 aromatic rings. The SMILES string of the molecule is C=C(N[C@@H](CC(=O)N1CCn2c(C(F)(F)F)nc(C(=O)NC)c2C1)Cc1cc(F)c(F)cc1F)OCC. The zero-order chi connectivity index (χ0) is 27.5. The molecule has 0 saturated heterocycles. The van der Waals surface area contributed by atoms with Crippen molar-refractivity contribution >= 4 is 11.8 Å². The van der Waals surface area contributed by atoms with Crippen molar-refractivity contribution in [2.75, 3.05) is 20.2 Å². The first kappa shape index (κ1) is 27.9. The first-order chi connectivity index (χ1) is 17.3. The third-order valence-electron chi connectivity index (χ3n) is 5.72. The maximum atomic E-state index is 14.3. The van der Waals surface area contributed by atoms with Crippen molar-refractivity contribution < 1.29 is 40.7 Å². The summed E-state index contributed by atoms with van der Waals surface area (Å²) in [6.07, 6.45) is -5.38. The van der Waals surface area contributed by atoms with E-state index in [9.17, 15) is 35.9 Å². The number of nitrogens with zero attached hydrogens (tertiary/aromatic N) is 3. The quantitative estimate of drug-likeness (QED) is 0.294. The summed E-state index contributed by atoms with van der Waals surface area (Å²) in [6.45, 7) is 4.85. The molecular formula is C23H25F6N5O3. The highest BCUT2D eigenvalue weighted by Crippen LogP contribution is 2.32. The smallest absolute Gasteiger partial charge is 0.449 e. The van der Waals surface area contributed by atoms with E-state index < -0.39 is 53.0 Å². The number of carbonyl (C=O) groups is 2. The van der Waals surface area contributed by atoms with Gasteiger partial charge in [0, 0.05) is 38.7 Å². The van der Waals surface area contributed by atoms with Crippen LogP contribution in [0.2, 0.25) is 0 Å². The number of rotatable bonds is 9. The Bertz CT molecular complexity index is 1200. The van der Waals surface area contributed by atoms with E-state index >= 15 is 0 Å². The zero-order valence-electron chi connectivity index (χ0n) is 20.0. The number of benzene rings is 1. The molecule has 0 aliphatic carbocycles. The molecule has 0 spiro atoms. The van der Waals surface area contributed by atoms with Gasteiger partial charge in [-0.1, -0.05) is 0 Å². The van der Waals surface area contributed by atoms with Gasteiger partial charge in [0.05, 0.1) is 18.8 Å². The number of nitrogens with one attached hydrogen (secondary N) is 2. The summed E-state index contributed by atoms with van der Waals surface area (Å²) in [5.74, 6) is -6.22. The van der Waals surface area contributed by atoms with E-state index in [1.165, 1.54) is 11.9 Å². The molecule has 2 amide bonds. The number of halogens is 6. The number of ether oxygens (including phenoxy) is 1. The van der Waals surface area contributed by atoms with Gasteiger partial charge in [-0.05, 0) is 31.6 Å². The predicted octanol–water partition coefficient (Wildman–Crippen LogP) is 3.12. The number of imidazole rings is 1. The highest BCUT2D eigenvalue weighted by Gasteiger charge is 2.41. The van der Waals surface area contributed by atoms with Crippen molar-refractivity contribution in [1.82, 2.24) is 25.1 Å². The van der Waals surface area contributed by atoms with Gasteiger partial charge in [0.25, 0.3) is 5.91 Å². The van der Waals surface area contributed by atoms with Crippen molar-refractivity contribution in [2.24, 2.45) is 0 Å². The van der Waals surface area contributed by atoms with Gasteiger partial charge in [0.15, 0.2) is 23.2 Å². The monoisotopic (exact) mass is 533 g/mol. The summed E-state index contributed by atoms with van der Waals surface area (Å²) in [5.41, 5.74) is -0.737. The highest BCUT2D eigenvalue weighted by molar-refractivity contribution is 5.93. The predicted molar refractivity (Wildman–Crippen MR) is 118 cm³/mol. The second kappa shape index (κ2) is 11.1. The first-order valence-corrected chi connectivity index (χ1v) is 11.2. The molecule has 37 heavy (non-hydrogen) atoms. The fourth-order valence-electron chi connectivity index (χ4n) is 4.04. The van der Waals surface area contributed by atoms with Crippen LogP contribution in [-0.2, 0) is 35.2 Å². The molecule has 3 rings (SSSR count). The van der Waals surface area contributed by atoms with Crippen LogP contribution in [0.5, 0.6) is 0 Å². The Morgan fingerprint density at radius 3 is 2.46 bits per heavy atom. The van der Waals surface area contributed by atoms with Crippen LogP contribution in [0.25, 0.3) is 0 Å². The Morgan fingerprint density at radius 2 is 1.84 bits per heavy atom. The fraction of sp³-hybridized carbons (Fsp3) is 0.435. The van der Waals surface area contributed by atoms with Crippen LogP contribution in [0.3, 0.4) is 0 Å². The van der Waals surface area contributed by atoms with Crippen molar-refractivity contribution in [3.63, 3.8) is 0 Å². The first-order valence-electron chi connectivity index (χ1n) is 11.2. The lowest BCUT2D eigenvalue weighted by Gasteiger charge is -2.31. The van der Waals surface area contributed by atoms with Crippen LogP contribution in [0.1, 0.15) is 40.9 Å². The van der Waals surface area contributed by atoms with E-state index in [1.54, 1.807) is 6.92 Å². The Balaban J connectivity index is 1.84. The summed E-state index contributed by atoms with van der Waals surface area (Å²) >= 11 is 0. The van der Waals surface area contributed by atoms with E-state index in [2.05, 4.69) is 22.2 Å². The molecule has 1 aromatic carbocycles. The molecule has 8 nitrogen and oxygen atoms in total. The summed E-state index contributed by atoms with van der Waals surface area (Å²) in [7, 11) is 1.24. The minimum absolute atomic E-state index is 0.0525. The van der Waals surface area contributed by atoms with Crippen LogP contribution in [0, 0.1) is 17.5 Å². The van der Waals surface area contributed by atoms with Gasteiger partial charge >= 0.3 is 6.18 Å². The summed E-state index contributed by atoms with van der Waals surface area (Å²) in [5, 5.41) is 5.04. The minimum Gasteiger partial charge on any atom is -0.480 e. The van der Waals surface area contributed by atoms with E-state index in [1.807, 2.05) is 0 Å². The van der Waals surface area contributed by atoms with Crippen molar-refractivity contribution in [3.8, 4) is 0 Å². The minimum atomic E-state index is -4.81. The lowest BCUT2D eigenvalue weighted by Crippen LogP contribution is -2.43. The largest absolute Gasteiger partial charge is 0.480 e. The fourth-order valence-corrected chi connectivity index (χ4v) is 4.04. The van der Waals surface area contributed by atoms with Gasteiger partial charge < -0.3 is 24.8 Å². The van der Waals surface area contributed by atoms with Crippen LogP contribution in [0.4, 0.5) is 26.3 Å². The standard InChI is InChI=1S/C23H25F6N5O3/c1-4-37-12(2)31-14(7-13-8-16(25)17(26)10-15(13)24)9-19(35)33-5-6-34-18(11-33)20(21(36)30-3)32-22(34)23(27,28)29/h8,10,14,31H,2,4-7,9,11H2,1,3H3,(H,30,36)/t14-/m1/s1. The summed E-state index contributed by atoms with van der Waals surface area (Å²) < 4.78 is 87.8. The van der Waals surface area contributed by atoms with E-state index in [0.717, 1.165) is 4.57 Å². The Morgan fingerprint density at radius 1 is 1.16 bits per heavy atom. The number of hydrogen-bond acceptors (Lipinski definition) is 5. The molecular weight excluding hydrogens is 508 g/mol. The second-order valence-corrected chi connectivity index (χ2v) is 8.24. The number of alkyl halides is 3. The van der Waals surface area contributed by atoms with E-state index in [0.29, 0.717) is 12.1 Å². The van der Waals surface area contributed by atoms with Gasteiger partial charge in [0.1, 0.15) is 5.82 Å². The Hall–Kier alpha value is -3.71. The van der Waals surface area contributed by atoms with Gasteiger partial charge in [-0.25, -0.2) is 18.2 Å². The molecule has 0 radical (unpaired) electrons. The van der Waals surface area contributed by atoms with Crippen LogP contribution in [0.15, 0.2) is 24.6 Å². The summed E-state index contributed by atoms with van der Waals surface area (Å²) in [4.78, 5) is 30.0. The number of aromatic nitrogens is 2. The molecule has 1 aliphatic heterocycles. The molecule has 1 aromatic heterocycles. The van der Waals surface area contributed by atoms with Gasteiger partial charge in [-0.3, -0.25) is 9.59 Å². The van der Waals surface area contributed by atoms with Gasteiger partial charge in [0.2, 0.25) is 11.7 Å². The third kappa shape index (κ3) is 6.35. The van der Waals surface area contributed by atoms with Crippen molar-refractivity contribution in [3.05, 3.63) is 64.8 Å². The molecule has 2 heterocycles. The average Bonchev–Trinajstić information content (AvgIpc) is 3.21. The van der Waals surface area contributed by atoms with Crippen molar-refractivity contribution in [2.45, 2.75) is 45.1 Å². The third-order valence-corrected chi connectivity index (χ3v) is 5.72. The Labute approximate surface area is 208 Å². The zero-order valence-corrected chi connectivity index (χ0v) is 20.0. The molecule has 1 atom stereocenters.